The Morgan fingerprint density at radius 3 is 2.59 bits per heavy atom. The highest BCUT2D eigenvalue weighted by molar-refractivity contribution is 14.0. The van der Waals surface area contributed by atoms with Gasteiger partial charge in [-0.2, -0.15) is 0 Å². The first-order valence-electron chi connectivity index (χ1n) is 8.61. The van der Waals surface area contributed by atoms with Crippen LogP contribution in [0.25, 0.3) is 0 Å². The van der Waals surface area contributed by atoms with E-state index in [1.165, 1.54) is 12.1 Å². The van der Waals surface area contributed by atoms with Crippen LogP contribution in [0.15, 0.2) is 47.6 Å². The van der Waals surface area contributed by atoms with Gasteiger partial charge < -0.3 is 15.4 Å². The van der Waals surface area contributed by atoms with Crippen LogP contribution in [-0.4, -0.2) is 36.7 Å². The van der Waals surface area contributed by atoms with Crippen molar-refractivity contribution in [3.05, 3.63) is 59.1 Å². The summed E-state index contributed by atoms with van der Waals surface area (Å²) in [6.07, 6.45) is 2.46. The molecule has 0 aliphatic rings. The Hall–Kier alpha value is -1.61. The molecule has 0 bridgehead atoms. The molecule has 1 heterocycles. The maximum Gasteiger partial charge on any atom is 0.191 e. The molecule has 0 radical (unpaired) electrons. The Labute approximate surface area is 181 Å². The zero-order valence-corrected chi connectivity index (χ0v) is 18.5. The third-order valence-corrected chi connectivity index (χ3v) is 3.72. The molecule has 2 aromatic rings. The van der Waals surface area contributed by atoms with Gasteiger partial charge in [-0.15, -0.1) is 24.0 Å². The highest BCUT2D eigenvalue weighted by Crippen LogP contribution is 2.13. The fraction of sp³-hybridized carbons (Fsp3) is 0.368. The summed E-state index contributed by atoms with van der Waals surface area (Å²) in [4.78, 5) is 8.60. The van der Waals surface area contributed by atoms with E-state index in [2.05, 4.69) is 20.6 Å². The molecule has 1 atom stereocenters. The van der Waals surface area contributed by atoms with Crippen LogP contribution in [0.4, 0.5) is 4.39 Å². The molecule has 1 aromatic heterocycles. The molecule has 0 saturated heterocycles. The van der Waals surface area contributed by atoms with Crippen molar-refractivity contribution in [1.29, 1.82) is 0 Å². The number of hydrogen-bond acceptors (Lipinski definition) is 3. The van der Waals surface area contributed by atoms with Crippen LogP contribution in [0, 0.1) is 5.82 Å². The summed E-state index contributed by atoms with van der Waals surface area (Å²) in [7, 11) is 0. The van der Waals surface area contributed by atoms with Gasteiger partial charge >= 0.3 is 0 Å². The van der Waals surface area contributed by atoms with Crippen molar-refractivity contribution in [3.8, 4) is 5.75 Å². The molecule has 1 unspecified atom stereocenters. The van der Waals surface area contributed by atoms with Crippen molar-refractivity contribution in [2.45, 2.75) is 26.4 Å². The molecule has 148 valence electrons. The summed E-state index contributed by atoms with van der Waals surface area (Å²) < 4.78 is 18.7. The molecule has 5 nitrogen and oxygen atoms in total. The van der Waals surface area contributed by atoms with Crippen LogP contribution in [0.1, 0.15) is 19.4 Å². The monoisotopic (exact) mass is 506 g/mol. The van der Waals surface area contributed by atoms with Gasteiger partial charge in [-0.05, 0) is 56.2 Å². The number of hydrogen-bond donors (Lipinski definition) is 2. The quantitative estimate of drug-likeness (QED) is 0.245. The van der Waals surface area contributed by atoms with E-state index in [1.54, 1.807) is 24.4 Å². The largest absolute Gasteiger partial charge is 0.489 e. The number of guanidine groups is 1. The third-order valence-electron chi connectivity index (χ3n) is 3.50. The van der Waals surface area contributed by atoms with Crippen molar-refractivity contribution in [3.63, 3.8) is 0 Å². The molecule has 2 rings (SSSR count). The van der Waals surface area contributed by atoms with Gasteiger partial charge in [0.2, 0.25) is 0 Å². The fourth-order valence-electron chi connectivity index (χ4n) is 2.22. The zero-order chi connectivity index (χ0) is 18.8. The number of pyridine rings is 1. The third kappa shape index (κ3) is 9.23. The summed E-state index contributed by atoms with van der Waals surface area (Å²) in [5, 5.41) is 6.98. The molecule has 0 spiro atoms. The predicted molar refractivity (Wildman–Crippen MR) is 119 cm³/mol. The van der Waals surface area contributed by atoms with E-state index in [0.29, 0.717) is 17.4 Å². The number of benzene rings is 1. The number of aliphatic imine (C=N–C) groups is 1. The average molecular weight is 507 g/mol. The van der Waals surface area contributed by atoms with Gasteiger partial charge in [0.15, 0.2) is 5.96 Å². The van der Waals surface area contributed by atoms with Crippen molar-refractivity contribution in [2.75, 3.05) is 19.6 Å². The van der Waals surface area contributed by atoms with Crippen molar-refractivity contribution < 1.29 is 9.13 Å². The second-order valence-corrected chi connectivity index (χ2v) is 6.16. The molecule has 2 N–H and O–H groups in total. The molecule has 0 aliphatic carbocycles. The minimum Gasteiger partial charge on any atom is -0.489 e. The predicted octanol–water partition coefficient (Wildman–Crippen LogP) is 4.06. The maximum atomic E-state index is 12.9. The van der Waals surface area contributed by atoms with E-state index in [-0.39, 0.29) is 35.9 Å². The Balaban J connectivity index is 0.00000364. The number of rotatable bonds is 8. The molecular formula is C19H25ClFIN4O. The molecule has 27 heavy (non-hydrogen) atoms. The van der Waals surface area contributed by atoms with Crippen LogP contribution in [0.3, 0.4) is 0 Å². The smallest absolute Gasteiger partial charge is 0.191 e. The van der Waals surface area contributed by atoms with Crippen LogP contribution >= 0.6 is 35.6 Å². The Bertz CT molecular complexity index is 698. The lowest BCUT2D eigenvalue weighted by atomic mass is 10.2. The summed E-state index contributed by atoms with van der Waals surface area (Å²) >= 11 is 5.79. The Morgan fingerprint density at radius 2 is 1.96 bits per heavy atom. The van der Waals surface area contributed by atoms with E-state index in [4.69, 9.17) is 16.3 Å². The minimum atomic E-state index is -0.280. The minimum absolute atomic E-state index is 0. The van der Waals surface area contributed by atoms with E-state index < -0.39 is 0 Å². The van der Waals surface area contributed by atoms with Crippen molar-refractivity contribution >= 4 is 41.5 Å². The molecular weight excluding hydrogens is 482 g/mol. The fourth-order valence-corrected chi connectivity index (χ4v) is 2.34. The lowest BCUT2D eigenvalue weighted by molar-refractivity contribution is 0.230. The molecule has 1 aromatic carbocycles. The average Bonchev–Trinajstić information content (AvgIpc) is 2.63. The van der Waals surface area contributed by atoms with Crippen molar-refractivity contribution in [2.24, 2.45) is 4.99 Å². The van der Waals surface area contributed by atoms with Crippen LogP contribution < -0.4 is 15.4 Å². The molecule has 0 saturated carbocycles. The number of nitrogens with zero attached hydrogens (tertiary/aromatic N) is 2. The van der Waals surface area contributed by atoms with Crippen LogP contribution in [0.2, 0.25) is 5.15 Å². The molecule has 0 aliphatic heterocycles. The lowest BCUT2D eigenvalue weighted by Gasteiger charge is -2.15. The number of halogens is 3. The van der Waals surface area contributed by atoms with Gasteiger partial charge in [0.25, 0.3) is 0 Å². The van der Waals surface area contributed by atoms with Crippen LogP contribution in [0.5, 0.6) is 5.75 Å². The summed E-state index contributed by atoms with van der Waals surface area (Å²) in [5.74, 6) is 1.07. The second-order valence-electron chi connectivity index (χ2n) is 5.77. The van der Waals surface area contributed by atoms with E-state index in [9.17, 15) is 4.39 Å². The Kier molecular flexibility index (Phi) is 11.0. The number of nitrogens with one attached hydrogen (secondary N) is 2. The SMILES string of the molecule is CCNC(=NCC(C)Oc1ccc(F)cc1)NCCc1ccc(Cl)nc1.I. The molecule has 0 fully saturated rings. The van der Waals surface area contributed by atoms with Gasteiger partial charge in [0.1, 0.15) is 22.8 Å². The van der Waals surface area contributed by atoms with Gasteiger partial charge in [0.05, 0.1) is 6.54 Å². The first-order valence-corrected chi connectivity index (χ1v) is 8.99. The lowest BCUT2D eigenvalue weighted by Crippen LogP contribution is -2.39. The van der Waals surface area contributed by atoms with Gasteiger partial charge in [0, 0.05) is 19.3 Å². The summed E-state index contributed by atoms with van der Waals surface area (Å²) in [6, 6.07) is 9.72. The van der Waals surface area contributed by atoms with Crippen LogP contribution in [-0.2, 0) is 6.42 Å². The summed E-state index contributed by atoms with van der Waals surface area (Å²) in [6.45, 7) is 5.91. The first-order chi connectivity index (χ1) is 12.6. The number of ether oxygens (including phenoxy) is 1. The highest BCUT2D eigenvalue weighted by Gasteiger charge is 2.05. The second kappa shape index (κ2) is 12.7. The standard InChI is InChI=1S/C19H24ClFN4O.HI/c1-3-22-19(23-11-10-15-4-9-18(20)24-13-15)25-12-14(2)26-17-7-5-16(21)6-8-17;/h4-9,13-14H,3,10-12H2,1-2H3,(H2,22,23,25);1H. The van der Waals surface area contributed by atoms with Gasteiger partial charge in [-0.3, -0.25) is 0 Å². The normalized spacial score (nSPS) is 12.1. The molecule has 0 amide bonds. The van der Waals surface area contributed by atoms with Gasteiger partial charge in [-0.25, -0.2) is 14.4 Å². The molecule has 8 heteroatoms. The zero-order valence-electron chi connectivity index (χ0n) is 15.4. The van der Waals surface area contributed by atoms with E-state index in [0.717, 1.165) is 31.0 Å². The maximum absolute atomic E-state index is 12.9. The van der Waals surface area contributed by atoms with Gasteiger partial charge in [-0.1, -0.05) is 17.7 Å². The topological polar surface area (TPSA) is 58.5 Å². The first kappa shape index (κ1) is 23.4. The number of aromatic nitrogens is 1. The van der Waals surface area contributed by atoms with Crippen molar-refractivity contribution in [1.82, 2.24) is 15.6 Å². The Morgan fingerprint density at radius 1 is 1.22 bits per heavy atom. The highest BCUT2D eigenvalue weighted by atomic mass is 127. The van der Waals surface area contributed by atoms with E-state index in [1.807, 2.05) is 19.9 Å². The summed E-state index contributed by atoms with van der Waals surface area (Å²) in [5.41, 5.74) is 1.10. The van der Waals surface area contributed by atoms with E-state index >= 15 is 0 Å².